The summed E-state index contributed by atoms with van der Waals surface area (Å²) < 4.78 is 10.9. The summed E-state index contributed by atoms with van der Waals surface area (Å²) in [6.45, 7) is 6.49. The molecule has 6 nitrogen and oxygen atoms in total. The van der Waals surface area contributed by atoms with E-state index in [9.17, 15) is 9.59 Å². The Kier molecular flexibility index (Phi) is 9.91. The Hall–Kier alpha value is -2.70. The molecule has 0 saturated carbocycles. The second kappa shape index (κ2) is 13.1. The summed E-state index contributed by atoms with van der Waals surface area (Å²) in [5.41, 5.74) is 2.08. The summed E-state index contributed by atoms with van der Waals surface area (Å²) in [7, 11) is 0. The van der Waals surface area contributed by atoms with Gasteiger partial charge < -0.3 is 9.47 Å². The van der Waals surface area contributed by atoms with Crippen LogP contribution in [0, 0.1) is 0 Å². The Labute approximate surface area is 197 Å². The van der Waals surface area contributed by atoms with E-state index in [2.05, 4.69) is 17.0 Å². The molecule has 2 atom stereocenters. The van der Waals surface area contributed by atoms with Crippen molar-refractivity contribution in [1.82, 2.24) is 9.80 Å². The highest BCUT2D eigenvalue weighted by Gasteiger charge is 2.40. The van der Waals surface area contributed by atoms with Gasteiger partial charge in [0.1, 0.15) is 6.04 Å². The van der Waals surface area contributed by atoms with Crippen LogP contribution in [0.4, 0.5) is 0 Å². The number of benzene rings is 2. The quantitative estimate of drug-likeness (QED) is 0.476. The van der Waals surface area contributed by atoms with Gasteiger partial charge in [-0.15, -0.1) is 0 Å². The number of hydrogen-bond donors (Lipinski definition) is 0. The van der Waals surface area contributed by atoms with Crippen LogP contribution >= 0.6 is 0 Å². The largest absolute Gasteiger partial charge is 0.465 e. The topological polar surface area (TPSA) is 59.1 Å². The molecule has 3 rings (SSSR count). The molecule has 1 saturated heterocycles. The summed E-state index contributed by atoms with van der Waals surface area (Å²) >= 11 is 0. The average molecular weight is 453 g/mol. The van der Waals surface area contributed by atoms with Gasteiger partial charge in [-0.05, 0) is 50.9 Å². The van der Waals surface area contributed by atoms with Gasteiger partial charge >= 0.3 is 11.9 Å². The van der Waals surface area contributed by atoms with Gasteiger partial charge in [0.2, 0.25) is 0 Å². The van der Waals surface area contributed by atoms with E-state index >= 15 is 0 Å². The molecule has 0 unspecified atom stereocenters. The van der Waals surface area contributed by atoms with Crippen LogP contribution in [0.15, 0.2) is 60.7 Å². The number of nitrogens with zero attached hydrogens (tertiary/aromatic N) is 2. The molecule has 0 N–H and O–H groups in total. The molecule has 0 radical (unpaired) electrons. The van der Waals surface area contributed by atoms with Crippen molar-refractivity contribution in [2.45, 2.75) is 51.7 Å². The Balaban J connectivity index is 2.05. The summed E-state index contributed by atoms with van der Waals surface area (Å²) in [5.74, 6) is -0.648. The van der Waals surface area contributed by atoms with Crippen molar-refractivity contribution in [3.8, 4) is 0 Å². The summed E-state index contributed by atoms with van der Waals surface area (Å²) in [5, 5.41) is 0. The van der Waals surface area contributed by atoms with Gasteiger partial charge in [0.05, 0.1) is 25.8 Å². The number of hydrogen-bond acceptors (Lipinski definition) is 6. The molecule has 6 heteroatoms. The van der Waals surface area contributed by atoms with Crippen LogP contribution in [0.25, 0.3) is 0 Å². The molecule has 1 aliphatic rings. The standard InChI is InChI=1S/C27H36N2O4/c1-3-32-24(30)21-29(20-22-14-8-5-9-15-22)26(27(31)33-4-2)25(23-16-10-6-11-17-23)28-18-12-7-13-19-28/h5-6,8-11,14-17,25-26H,3-4,7,12-13,18-21H2,1-2H3/t25-,26-/m0/s1. The molecule has 0 spiro atoms. The van der Waals surface area contributed by atoms with Crippen molar-refractivity contribution in [3.63, 3.8) is 0 Å². The zero-order chi connectivity index (χ0) is 23.5. The molecule has 33 heavy (non-hydrogen) atoms. The fourth-order valence-electron chi connectivity index (χ4n) is 4.59. The second-order valence-corrected chi connectivity index (χ2v) is 8.34. The summed E-state index contributed by atoms with van der Waals surface area (Å²) in [6.07, 6.45) is 3.38. The maximum atomic E-state index is 13.5. The molecule has 1 heterocycles. The Morgan fingerprint density at radius 1 is 0.879 bits per heavy atom. The van der Waals surface area contributed by atoms with Gasteiger partial charge in [0, 0.05) is 6.54 Å². The first-order chi connectivity index (χ1) is 16.1. The number of rotatable bonds is 11. The lowest BCUT2D eigenvalue weighted by Gasteiger charge is -2.42. The molecule has 1 fully saturated rings. The fourth-order valence-corrected chi connectivity index (χ4v) is 4.59. The normalized spacial score (nSPS) is 16.2. The van der Waals surface area contributed by atoms with E-state index in [0.717, 1.165) is 37.1 Å². The van der Waals surface area contributed by atoms with E-state index in [-0.39, 0.29) is 31.1 Å². The second-order valence-electron chi connectivity index (χ2n) is 8.34. The van der Waals surface area contributed by atoms with Gasteiger partial charge in [0.15, 0.2) is 0 Å². The average Bonchev–Trinajstić information content (AvgIpc) is 2.84. The van der Waals surface area contributed by atoms with Crippen LogP contribution in [0.2, 0.25) is 0 Å². The Morgan fingerprint density at radius 3 is 2.09 bits per heavy atom. The lowest BCUT2D eigenvalue weighted by atomic mass is 9.93. The monoisotopic (exact) mass is 452 g/mol. The highest BCUT2D eigenvalue weighted by molar-refractivity contribution is 5.79. The van der Waals surface area contributed by atoms with E-state index in [1.54, 1.807) is 6.92 Å². The number of likely N-dealkylation sites (tertiary alicyclic amines) is 1. The minimum atomic E-state index is -0.643. The molecule has 178 valence electrons. The minimum absolute atomic E-state index is 0.0173. The maximum Gasteiger partial charge on any atom is 0.325 e. The van der Waals surface area contributed by atoms with Gasteiger partial charge in [0.25, 0.3) is 0 Å². The maximum absolute atomic E-state index is 13.5. The van der Waals surface area contributed by atoms with Crippen LogP contribution in [0.5, 0.6) is 0 Å². The third-order valence-electron chi connectivity index (χ3n) is 6.01. The first-order valence-corrected chi connectivity index (χ1v) is 12.0. The van der Waals surface area contributed by atoms with Gasteiger partial charge in [-0.3, -0.25) is 19.4 Å². The van der Waals surface area contributed by atoms with Gasteiger partial charge in [-0.1, -0.05) is 67.1 Å². The molecule has 2 aromatic carbocycles. The van der Waals surface area contributed by atoms with E-state index < -0.39 is 6.04 Å². The molecule has 0 bridgehead atoms. The van der Waals surface area contributed by atoms with Crippen molar-refractivity contribution in [3.05, 3.63) is 71.8 Å². The van der Waals surface area contributed by atoms with Crippen molar-refractivity contribution in [2.24, 2.45) is 0 Å². The number of esters is 2. The van der Waals surface area contributed by atoms with Crippen LogP contribution in [-0.4, -0.2) is 60.6 Å². The van der Waals surface area contributed by atoms with Crippen molar-refractivity contribution in [1.29, 1.82) is 0 Å². The molecule has 1 aliphatic heterocycles. The number of piperidine rings is 1. The third kappa shape index (κ3) is 7.14. The van der Waals surface area contributed by atoms with E-state index in [1.807, 2.05) is 60.4 Å². The Bertz CT molecular complexity index is 853. The molecular formula is C27H36N2O4. The highest BCUT2D eigenvalue weighted by atomic mass is 16.5. The van der Waals surface area contributed by atoms with E-state index in [4.69, 9.17) is 9.47 Å². The van der Waals surface area contributed by atoms with Gasteiger partial charge in [-0.2, -0.15) is 0 Å². The van der Waals surface area contributed by atoms with Crippen LogP contribution < -0.4 is 0 Å². The first kappa shape index (κ1) is 24.9. The first-order valence-electron chi connectivity index (χ1n) is 12.0. The molecule has 0 amide bonds. The van der Waals surface area contributed by atoms with E-state index in [1.165, 1.54) is 6.42 Å². The molecule has 0 aromatic heterocycles. The lowest BCUT2D eigenvalue weighted by molar-refractivity contribution is -0.156. The van der Waals surface area contributed by atoms with E-state index in [0.29, 0.717) is 13.2 Å². The lowest BCUT2D eigenvalue weighted by Crippen LogP contribution is -2.53. The zero-order valence-electron chi connectivity index (χ0n) is 19.8. The third-order valence-corrected chi connectivity index (χ3v) is 6.01. The smallest absolute Gasteiger partial charge is 0.325 e. The van der Waals surface area contributed by atoms with Crippen LogP contribution in [0.1, 0.15) is 50.3 Å². The highest BCUT2D eigenvalue weighted by Crippen LogP contribution is 2.32. The van der Waals surface area contributed by atoms with Gasteiger partial charge in [-0.25, -0.2) is 0 Å². The van der Waals surface area contributed by atoms with Crippen molar-refractivity contribution < 1.29 is 19.1 Å². The molecular weight excluding hydrogens is 416 g/mol. The SMILES string of the molecule is CCOC(=O)CN(Cc1ccccc1)[C@H](C(=O)OCC)[C@H](c1ccccc1)N1CCCCC1. The minimum Gasteiger partial charge on any atom is -0.465 e. The molecule has 2 aromatic rings. The number of carbonyl (C=O) groups is 2. The van der Waals surface area contributed by atoms with Crippen molar-refractivity contribution >= 4 is 11.9 Å². The van der Waals surface area contributed by atoms with Crippen molar-refractivity contribution in [2.75, 3.05) is 32.8 Å². The molecule has 0 aliphatic carbocycles. The number of carbonyl (C=O) groups excluding carboxylic acids is 2. The number of ether oxygens (including phenoxy) is 2. The predicted octanol–water partition coefficient (Wildman–Crippen LogP) is 4.21. The fraction of sp³-hybridized carbons (Fsp3) is 0.481. The predicted molar refractivity (Wildman–Crippen MR) is 129 cm³/mol. The van der Waals surface area contributed by atoms with Crippen LogP contribution in [-0.2, 0) is 25.6 Å². The summed E-state index contributed by atoms with van der Waals surface area (Å²) in [6, 6.07) is 19.2. The Morgan fingerprint density at radius 2 is 1.48 bits per heavy atom. The zero-order valence-corrected chi connectivity index (χ0v) is 19.8. The summed E-state index contributed by atoms with van der Waals surface area (Å²) in [4.78, 5) is 30.5. The van der Waals surface area contributed by atoms with Crippen LogP contribution in [0.3, 0.4) is 0 Å².